The van der Waals surface area contributed by atoms with Crippen molar-refractivity contribution in [3.63, 3.8) is 0 Å². The molecule has 2 atom stereocenters. The van der Waals surface area contributed by atoms with Crippen molar-refractivity contribution in [2.24, 2.45) is 0 Å². The highest BCUT2D eigenvalue weighted by Gasteiger charge is 2.31. The Hall–Kier alpha value is -2.71. The molecule has 1 saturated heterocycles. The van der Waals surface area contributed by atoms with Gasteiger partial charge in [-0.3, -0.25) is 14.3 Å². The van der Waals surface area contributed by atoms with Crippen LogP contribution in [0.1, 0.15) is 50.5 Å². The molecule has 2 aromatic carbocycles. The Morgan fingerprint density at radius 3 is 2.47 bits per heavy atom. The standard InChI is InChI=1S/C26H30FN5OS/c1-18(30-15-6-3-7-16-30)24-28-29-26(32(24)22-12-10-21(27)11-13-22)34-19(2)25(33)31-17-14-20-8-4-5-9-23(20)31/h4-5,8-13,18-19H,3,6-7,14-17H2,1-2H3/t18-,19+/m0/s1. The highest BCUT2D eigenvalue weighted by atomic mass is 32.2. The normalized spacial score (nSPS) is 18.0. The lowest BCUT2D eigenvalue weighted by molar-refractivity contribution is -0.117. The van der Waals surface area contributed by atoms with Crippen LogP contribution < -0.4 is 4.90 Å². The third kappa shape index (κ3) is 4.49. The third-order valence-electron chi connectivity index (χ3n) is 6.84. The zero-order valence-corrected chi connectivity index (χ0v) is 20.5. The molecule has 0 bridgehead atoms. The number of thioether (sulfide) groups is 1. The lowest BCUT2D eigenvalue weighted by atomic mass is 10.1. The van der Waals surface area contributed by atoms with Gasteiger partial charge in [0.1, 0.15) is 5.82 Å². The summed E-state index contributed by atoms with van der Waals surface area (Å²) in [6, 6.07) is 14.6. The fraction of sp³-hybridized carbons (Fsp3) is 0.423. The van der Waals surface area contributed by atoms with Crippen molar-refractivity contribution in [3.8, 4) is 5.69 Å². The molecule has 2 aliphatic heterocycles. The lowest BCUT2D eigenvalue weighted by Crippen LogP contribution is -2.35. The molecule has 0 radical (unpaired) electrons. The van der Waals surface area contributed by atoms with Crippen LogP contribution in [0, 0.1) is 5.82 Å². The molecule has 3 heterocycles. The van der Waals surface area contributed by atoms with Crippen LogP contribution in [0.4, 0.5) is 10.1 Å². The fourth-order valence-corrected chi connectivity index (χ4v) is 5.86. The maximum Gasteiger partial charge on any atom is 0.240 e. The van der Waals surface area contributed by atoms with E-state index in [-0.39, 0.29) is 23.0 Å². The number of fused-ring (bicyclic) bond motifs is 1. The second-order valence-electron chi connectivity index (χ2n) is 9.05. The van der Waals surface area contributed by atoms with Crippen LogP contribution >= 0.6 is 11.8 Å². The third-order valence-corrected chi connectivity index (χ3v) is 7.87. The number of benzene rings is 2. The van der Waals surface area contributed by atoms with Gasteiger partial charge in [0.25, 0.3) is 0 Å². The number of piperidine rings is 1. The largest absolute Gasteiger partial charge is 0.311 e. The zero-order valence-electron chi connectivity index (χ0n) is 19.7. The van der Waals surface area contributed by atoms with E-state index in [4.69, 9.17) is 0 Å². The summed E-state index contributed by atoms with van der Waals surface area (Å²) in [7, 11) is 0. The topological polar surface area (TPSA) is 54.3 Å². The van der Waals surface area contributed by atoms with Crippen molar-refractivity contribution in [1.82, 2.24) is 19.7 Å². The Balaban J connectivity index is 1.43. The molecule has 0 N–H and O–H groups in total. The van der Waals surface area contributed by atoms with Gasteiger partial charge in [-0.25, -0.2) is 4.39 Å². The Bertz CT molecular complexity index is 1160. The van der Waals surface area contributed by atoms with E-state index < -0.39 is 0 Å². The minimum Gasteiger partial charge on any atom is -0.311 e. The summed E-state index contributed by atoms with van der Waals surface area (Å²) >= 11 is 1.41. The Morgan fingerprint density at radius 2 is 1.71 bits per heavy atom. The minimum atomic E-state index is -0.340. The van der Waals surface area contributed by atoms with Crippen molar-refractivity contribution in [1.29, 1.82) is 0 Å². The summed E-state index contributed by atoms with van der Waals surface area (Å²) in [6.07, 6.45) is 4.50. The second kappa shape index (κ2) is 9.88. The second-order valence-corrected chi connectivity index (χ2v) is 10.4. The first-order chi connectivity index (χ1) is 16.5. The van der Waals surface area contributed by atoms with Crippen LogP contribution in [-0.4, -0.2) is 50.5 Å². The van der Waals surface area contributed by atoms with Gasteiger partial charge in [-0.2, -0.15) is 0 Å². The van der Waals surface area contributed by atoms with Gasteiger partial charge in [0.2, 0.25) is 5.91 Å². The fourth-order valence-electron chi connectivity index (χ4n) is 4.93. The number of nitrogens with zero attached hydrogens (tertiary/aromatic N) is 5. The number of carbonyl (C=O) groups excluding carboxylic acids is 1. The van der Waals surface area contributed by atoms with Gasteiger partial charge in [-0.05, 0) is 82.1 Å². The number of hydrogen-bond donors (Lipinski definition) is 0. The van der Waals surface area contributed by atoms with E-state index >= 15 is 0 Å². The number of halogens is 1. The molecule has 3 aromatic rings. The van der Waals surface area contributed by atoms with E-state index in [2.05, 4.69) is 28.1 Å². The monoisotopic (exact) mass is 479 g/mol. The molecule has 178 valence electrons. The first-order valence-electron chi connectivity index (χ1n) is 12.0. The summed E-state index contributed by atoms with van der Waals surface area (Å²) in [5.74, 6) is 0.601. The molecule has 0 aliphatic carbocycles. The first kappa shape index (κ1) is 23.1. The van der Waals surface area contributed by atoms with Gasteiger partial charge < -0.3 is 4.90 Å². The highest BCUT2D eigenvalue weighted by molar-refractivity contribution is 8.00. The van der Waals surface area contributed by atoms with E-state index in [1.807, 2.05) is 34.6 Å². The smallest absolute Gasteiger partial charge is 0.240 e. The number of hydrogen-bond acceptors (Lipinski definition) is 5. The van der Waals surface area contributed by atoms with Crippen LogP contribution in [0.3, 0.4) is 0 Å². The van der Waals surface area contributed by atoms with E-state index in [1.54, 1.807) is 12.1 Å². The lowest BCUT2D eigenvalue weighted by Gasteiger charge is -2.32. The average molecular weight is 480 g/mol. The van der Waals surface area contributed by atoms with Gasteiger partial charge in [-0.1, -0.05) is 36.4 Å². The number of likely N-dealkylation sites (tertiary alicyclic amines) is 1. The molecule has 0 saturated carbocycles. The zero-order chi connectivity index (χ0) is 23.7. The van der Waals surface area contributed by atoms with E-state index in [1.165, 1.54) is 48.7 Å². The molecule has 6 nitrogen and oxygen atoms in total. The van der Waals surface area contributed by atoms with Crippen molar-refractivity contribution < 1.29 is 9.18 Å². The van der Waals surface area contributed by atoms with E-state index in [0.717, 1.165) is 36.7 Å². The van der Waals surface area contributed by atoms with Crippen LogP contribution in [0.5, 0.6) is 0 Å². The van der Waals surface area contributed by atoms with Crippen LogP contribution in [-0.2, 0) is 11.2 Å². The van der Waals surface area contributed by atoms with Crippen molar-refractivity contribution >= 4 is 23.4 Å². The minimum absolute atomic E-state index is 0.0641. The molecule has 0 unspecified atom stereocenters. The molecule has 8 heteroatoms. The van der Waals surface area contributed by atoms with Crippen molar-refractivity contribution in [2.45, 2.75) is 56.0 Å². The first-order valence-corrected chi connectivity index (χ1v) is 12.9. The number of rotatable bonds is 6. The maximum atomic E-state index is 13.7. The molecular formula is C26H30FN5OS. The summed E-state index contributed by atoms with van der Waals surface area (Å²) < 4.78 is 15.7. The molecule has 1 amide bonds. The number of anilines is 1. The Kier molecular flexibility index (Phi) is 6.70. The molecule has 1 aromatic heterocycles. The molecule has 2 aliphatic rings. The SMILES string of the molecule is C[C@@H](Sc1nnc([C@H](C)N2CCCCC2)n1-c1ccc(F)cc1)C(=O)N1CCc2ccccc21. The number of para-hydroxylation sites is 1. The number of aromatic nitrogens is 3. The number of amides is 1. The Morgan fingerprint density at radius 1 is 0.971 bits per heavy atom. The summed E-state index contributed by atoms with van der Waals surface area (Å²) in [5.41, 5.74) is 3.01. The van der Waals surface area contributed by atoms with E-state index in [0.29, 0.717) is 11.7 Å². The Labute approximate surface area is 204 Å². The van der Waals surface area contributed by atoms with Gasteiger partial charge in [-0.15, -0.1) is 10.2 Å². The predicted molar refractivity (Wildman–Crippen MR) is 133 cm³/mol. The number of carbonyl (C=O) groups is 1. The molecule has 1 fully saturated rings. The average Bonchev–Trinajstić information content (AvgIpc) is 3.49. The van der Waals surface area contributed by atoms with E-state index in [9.17, 15) is 9.18 Å². The van der Waals surface area contributed by atoms with Crippen LogP contribution in [0.15, 0.2) is 53.7 Å². The van der Waals surface area contributed by atoms with Gasteiger partial charge >= 0.3 is 0 Å². The van der Waals surface area contributed by atoms with Crippen molar-refractivity contribution in [3.05, 3.63) is 65.7 Å². The van der Waals surface area contributed by atoms with Crippen LogP contribution in [0.25, 0.3) is 5.69 Å². The predicted octanol–water partition coefficient (Wildman–Crippen LogP) is 5.02. The van der Waals surface area contributed by atoms with Gasteiger partial charge in [0.15, 0.2) is 11.0 Å². The summed E-state index contributed by atoms with van der Waals surface area (Å²) in [6.45, 7) is 6.84. The quantitative estimate of drug-likeness (QED) is 0.465. The van der Waals surface area contributed by atoms with Gasteiger partial charge in [0, 0.05) is 17.9 Å². The molecule has 34 heavy (non-hydrogen) atoms. The molecular weight excluding hydrogens is 449 g/mol. The maximum absolute atomic E-state index is 13.7. The summed E-state index contributed by atoms with van der Waals surface area (Å²) in [5, 5.41) is 9.39. The summed E-state index contributed by atoms with van der Waals surface area (Å²) in [4.78, 5) is 17.7. The van der Waals surface area contributed by atoms with Gasteiger partial charge in [0.05, 0.1) is 11.3 Å². The molecule has 0 spiro atoms. The van der Waals surface area contributed by atoms with Crippen molar-refractivity contribution in [2.75, 3.05) is 24.5 Å². The molecule has 5 rings (SSSR count). The highest BCUT2D eigenvalue weighted by Crippen LogP contribution is 2.34. The van der Waals surface area contributed by atoms with Crippen LogP contribution in [0.2, 0.25) is 0 Å².